The Morgan fingerprint density at radius 2 is 2.23 bits per heavy atom. The Morgan fingerprint density at radius 1 is 1.46 bits per heavy atom. The lowest BCUT2D eigenvalue weighted by Crippen LogP contribution is -2.36. The Balaban J connectivity index is 2.12. The van der Waals surface area contributed by atoms with Crippen LogP contribution in [0.4, 0.5) is 0 Å². The molecule has 0 spiro atoms. The third-order valence-electron chi connectivity index (χ3n) is 3.53. The van der Waals surface area contributed by atoms with E-state index in [9.17, 15) is 0 Å². The Morgan fingerprint density at radius 3 is 2.69 bits per heavy atom. The van der Waals surface area contributed by atoms with Gasteiger partial charge in [-0.2, -0.15) is 0 Å². The molecule has 0 radical (unpaired) electrons. The smallest absolute Gasteiger partial charge is 0.214 e. The van der Waals surface area contributed by atoms with Crippen molar-refractivity contribution in [1.29, 1.82) is 0 Å². The van der Waals surface area contributed by atoms with Crippen molar-refractivity contribution >= 4 is 8.32 Å². The van der Waals surface area contributed by atoms with Crippen LogP contribution in [-0.2, 0) is 4.43 Å². The molecule has 1 saturated carbocycles. The first-order valence-electron chi connectivity index (χ1n) is 5.49. The number of fused-ring (bicyclic) bond motifs is 2. The summed E-state index contributed by atoms with van der Waals surface area (Å²) in [6, 6.07) is 0. The van der Waals surface area contributed by atoms with Crippen LogP contribution in [0.15, 0.2) is 11.3 Å². The third kappa shape index (κ3) is 1.62. The second-order valence-electron chi connectivity index (χ2n) is 4.84. The molecule has 2 aliphatic rings. The molecule has 0 aliphatic heterocycles. The average molecular weight is 196 g/mol. The highest BCUT2D eigenvalue weighted by Crippen LogP contribution is 2.46. The van der Waals surface area contributed by atoms with Crippen molar-refractivity contribution in [1.82, 2.24) is 0 Å². The van der Waals surface area contributed by atoms with Crippen molar-refractivity contribution in [3.63, 3.8) is 0 Å². The number of hydrogen-bond acceptors (Lipinski definition) is 1. The van der Waals surface area contributed by atoms with E-state index >= 15 is 0 Å². The molecule has 0 aromatic heterocycles. The molecule has 1 fully saturated rings. The van der Waals surface area contributed by atoms with Gasteiger partial charge in [-0.1, -0.05) is 11.3 Å². The van der Waals surface area contributed by atoms with Crippen LogP contribution < -0.4 is 0 Å². The van der Waals surface area contributed by atoms with Gasteiger partial charge in [-0.25, -0.2) is 0 Å². The molecule has 2 rings (SSSR count). The van der Waals surface area contributed by atoms with Gasteiger partial charge in [-0.05, 0) is 51.1 Å². The largest absolute Gasteiger partial charge is 0.414 e. The lowest BCUT2D eigenvalue weighted by molar-refractivity contribution is 0.332. The monoisotopic (exact) mass is 196 g/mol. The predicted molar refractivity (Wildman–Crippen MR) is 58.0 cm³/mol. The summed E-state index contributed by atoms with van der Waals surface area (Å²) in [4.78, 5) is 0. The molecule has 13 heavy (non-hydrogen) atoms. The summed E-state index contributed by atoms with van der Waals surface area (Å²) >= 11 is 0. The van der Waals surface area contributed by atoms with Crippen LogP contribution in [0.1, 0.15) is 26.2 Å². The van der Waals surface area contributed by atoms with E-state index in [2.05, 4.69) is 26.1 Å². The van der Waals surface area contributed by atoms with E-state index in [1.807, 2.05) is 0 Å². The van der Waals surface area contributed by atoms with E-state index in [0.717, 1.165) is 18.4 Å². The summed E-state index contributed by atoms with van der Waals surface area (Å²) in [7, 11) is -1.46. The maximum Gasteiger partial charge on any atom is 0.214 e. The van der Waals surface area contributed by atoms with Crippen LogP contribution in [0.3, 0.4) is 0 Å². The SMILES string of the molecule is CCO[Si](C)(C)C1=CC2CCC1C2. The van der Waals surface area contributed by atoms with Gasteiger partial charge in [-0.3, -0.25) is 0 Å². The minimum atomic E-state index is -1.46. The minimum absolute atomic E-state index is 0.883. The van der Waals surface area contributed by atoms with Gasteiger partial charge in [0, 0.05) is 6.61 Å². The van der Waals surface area contributed by atoms with Crippen LogP contribution in [0.25, 0.3) is 0 Å². The quantitative estimate of drug-likeness (QED) is 0.630. The molecule has 1 nitrogen and oxygen atoms in total. The minimum Gasteiger partial charge on any atom is -0.414 e. The highest BCUT2D eigenvalue weighted by atomic mass is 28.4. The third-order valence-corrected chi connectivity index (χ3v) is 6.50. The summed E-state index contributed by atoms with van der Waals surface area (Å²) in [6.45, 7) is 7.70. The van der Waals surface area contributed by atoms with Crippen LogP contribution in [0.2, 0.25) is 13.1 Å². The van der Waals surface area contributed by atoms with E-state index in [4.69, 9.17) is 4.43 Å². The fourth-order valence-electron chi connectivity index (χ4n) is 2.98. The van der Waals surface area contributed by atoms with Crippen molar-refractivity contribution in [3.05, 3.63) is 11.3 Å². The lowest BCUT2D eigenvalue weighted by Gasteiger charge is -2.28. The summed E-state index contributed by atoms with van der Waals surface area (Å²) in [5, 5.41) is 1.71. The van der Waals surface area contributed by atoms with Crippen molar-refractivity contribution in [3.8, 4) is 0 Å². The molecule has 0 aromatic rings. The first kappa shape index (κ1) is 9.47. The molecule has 2 heteroatoms. The molecular weight excluding hydrogens is 176 g/mol. The van der Waals surface area contributed by atoms with Gasteiger partial charge in [-0.15, -0.1) is 0 Å². The van der Waals surface area contributed by atoms with E-state index in [0.29, 0.717) is 0 Å². The molecule has 2 aliphatic carbocycles. The molecule has 0 N–H and O–H groups in total. The van der Waals surface area contributed by atoms with Crippen molar-refractivity contribution in [2.75, 3.05) is 6.61 Å². The topological polar surface area (TPSA) is 9.23 Å². The second-order valence-corrected chi connectivity index (χ2v) is 8.72. The summed E-state index contributed by atoms with van der Waals surface area (Å²) < 4.78 is 5.94. The second kappa shape index (κ2) is 3.25. The van der Waals surface area contributed by atoms with Crippen molar-refractivity contribution < 1.29 is 4.43 Å². The Labute approximate surface area is 82.3 Å². The molecular formula is C11H20OSi. The fraction of sp³-hybridized carbons (Fsp3) is 0.818. The van der Waals surface area contributed by atoms with Gasteiger partial charge < -0.3 is 4.43 Å². The van der Waals surface area contributed by atoms with Gasteiger partial charge in [0.1, 0.15) is 0 Å². The predicted octanol–water partition coefficient (Wildman–Crippen LogP) is 3.12. The first-order chi connectivity index (χ1) is 6.13. The fourth-order valence-corrected chi connectivity index (χ4v) is 5.75. The van der Waals surface area contributed by atoms with Crippen LogP contribution >= 0.6 is 0 Å². The van der Waals surface area contributed by atoms with Gasteiger partial charge in [0.2, 0.25) is 8.32 Å². The molecule has 0 amide bonds. The zero-order valence-corrected chi connectivity index (χ0v) is 9.97. The molecule has 2 atom stereocenters. The first-order valence-corrected chi connectivity index (χ1v) is 8.40. The van der Waals surface area contributed by atoms with Gasteiger partial charge >= 0.3 is 0 Å². The van der Waals surface area contributed by atoms with Crippen LogP contribution in [-0.4, -0.2) is 14.9 Å². The van der Waals surface area contributed by atoms with Gasteiger partial charge in [0.15, 0.2) is 0 Å². The van der Waals surface area contributed by atoms with E-state index in [1.165, 1.54) is 19.3 Å². The van der Waals surface area contributed by atoms with E-state index in [-0.39, 0.29) is 0 Å². The zero-order valence-electron chi connectivity index (χ0n) is 8.97. The molecule has 74 valence electrons. The normalized spacial score (nSPS) is 32.4. The lowest BCUT2D eigenvalue weighted by atomic mass is 10.1. The number of hydrogen-bond donors (Lipinski definition) is 0. The average Bonchev–Trinajstić information content (AvgIpc) is 2.63. The standard InChI is InChI=1S/C11H20OSi/c1-4-12-13(2,3)11-8-9-5-6-10(11)7-9/h8-10H,4-7H2,1-3H3. The maximum atomic E-state index is 5.94. The van der Waals surface area contributed by atoms with Crippen molar-refractivity contribution in [2.45, 2.75) is 39.3 Å². The van der Waals surface area contributed by atoms with E-state index < -0.39 is 8.32 Å². The van der Waals surface area contributed by atoms with Crippen molar-refractivity contribution in [2.24, 2.45) is 11.8 Å². The number of rotatable bonds is 3. The molecule has 2 bridgehead atoms. The highest BCUT2D eigenvalue weighted by Gasteiger charge is 2.41. The zero-order chi connectivity index (χ0) is 9.47. The van der Waals surface area contributed by atoms with E-state index in [1.54, 1.807) is 5.20 Å². The Hall–Kier alpha value is -0.0831. The molecule has 0 aromatic carbocycles. The van der Waals surface area contributed by atoms with Gasteiger partial charge in [0.05, 0.1) is 0 Å². The molecule has 0 saturated heterocycles. The number of allylic oxidation sites excluding steroid dienone is 2. The maximum absolute atomic E-state index is 5.94. The highest BCUT2D eigenvalue weighted by molar-refractivity contribution is 6.78. The Kier molecular flexibility index (Phi) is 2.36. The summed E-state index contributed by atoms with van der Waals surface area (Å²) in [5.74, 6) is 1.81. The van der Waals surface area contributed by atoms with Crippen LogP contribution in [0, 0.1) is 11.8 Å². The molecule has 2 unspecified atom stereocenters. The molecule has 0 heterocycles. The van der Waals surface area contributed by atoms with Crippen LogP contribution in [0.5, 0.6) is 0 Å². The van der Waals surface area contributed by atoms with Gasteiger partial charge in [0.25, 0.3) is 0 Å². The summed E-state index contributed by atoms with van der Waals surface area (Å²) in [5.41, 5.74) is 0. The summed E-state index contributed by atoms with van der Waals surface area (Å²) in [6.07, 6.45) is 6.83. The Bertz CT molecular complexity index is 232.